The molecule has 39 heavy (non-hydrogen) atoms. The van der Waals surface area contributed by atoms with Crippen molar-refractivity contribution in [2.24, 2.45) is 0 Å². The van der Waals surface area contributed by atoms with E-state index in [1.54, 1.807) is 48.5 Å². The number of ketones is 1. The molecule has 0 bridgehead atoms. The smallest absolute Gasteiger partial charge is 0.300 e. The third kappa shape index (κ3) is 4.50. The number of hydrogen-bond donors (Lipinski definition) is 2. The molecule has 1 unspecified atom stereocenters. The summed E-state index contributed by atoms with van der Waals surface area (Å²) >= 11 is 0. The highest BCUT2D eigenvalue weighted by atomic mass is 16.5. The molecule has 1 amide bonds. The van der Waals surface area contributed by atoms with Gasteiger partial charge in [-0.25, -0.2) is 0 Å². The minimum absolute atomic E-state index is 0.104. The summed E-state index contributed by atoms with van der Waals surface area (Å²) in [4.78, 5) is 30.4. The molecule has 1 fully saturated rings. The molecule has 9 heteroatoms. The van der Waals surface area contributed by atoms with E-state index in [4.69, 9.17) is 14.2 Å². The van der Waals surface area contributed by atoms with E-state index in [1.165, 1.54) is 18.1 Å². The highest BCUT2D eigenvalue weighted by Gasteiger charge is 2.48. The number of nitrogens with zero attached hydrogens (tertiary/aromatic N) is 2. The predicted octanol–water partition coefficient (Wildman–Crippen LogP) is 4.56. The number of methoxy groups -OCH3 is 1. The average Bonchev–Trinajstić information content (AvgIpc) is 3.19. The molecular weight excluding hydrogens is 500 g/mol. The highest BCUT2D eigenvalue weighted by molar-refractivity contribution is 6.52. The van der Waals surface area contributed by atoms with Crippen LogP contribution in [-0.2, 0) is 9.59 Å². The van der Waals surface area contributed by atoms with Crippen LogP contribution in [0.5, 0.6) is 23.0 Å². The van der Waals surface area contributed by atoms with Crippen molar-refractivity contribution in [3.8, 4) is 23.0 Å². The Balaban J connectivity index is 1.74. The number of amides is 1. The molecule has 0 radical (unpaired) electrons. The molecule has 2 heterocycles. The quantitative estimate of drug-likeness (QED) is 0.271. The summed E-state index contributed by atoms with van der Waals surface area (Å²) in [5, 5.41) is 22.3. The first kappa shape index (κ1) is 26.0. The lowest BCUT2D eigenvalue weighted by molar-refractivity contribution is -0.132. The molecule has 5 rings (SSSR count). The van der Waals surface area contributed by atoms with E-state index in [9.17, 15) is 19.8 Å². The topological polar surface area (TPSA) is 109 Å². The van der Waals surface area contributed by atoms with Gasteiger partial charge < -0.3 is 29.3 Å². The van der Waals surface area contributed by atoms with Gasteiger partial charge in [0.2, 0.25) is 0 Å². The predicted molar refractivity (Wildman–Crippen MR) is 147 cm³/mol. The average molecular weight is 531 g/mol. The molecular formula is C30H30N2O7. The lowest BCUT2D eigenvalue weighted by Crippen LogP contribution is -2.29. The van der Waals surface area contributed by atoms with E-state index in [1.807, 2.05) is 25.8 Å². The van der Waals surface area contributed by atoms with Gasteiger partial charge in [0.25, 0.3) is 11.7 Å². The van der Waals surface area contributed by atoms with Crippen LogP contribution in [0.1, 0.15) is 29.7 Å². The van der Waals surface area contributed by atoms with E-state index in [2.05, 4.69) is 0 Å². The number of anilines is 2. The van der Waals surface area contributed by atoms with Crippen LogP contribution in [0.4, 0.5) is 11.4 Å². The zero-order valence-electron chi connectivity index (χ0n) is 22.2. The maximum atomic E-state index is 13.6. The van der Waals surface area contributed by atoms with Crippen LogP contribution >= 0.6 is 0 Å². The minimum Gasteiger partial charge on any atom is -0.507 e. The SMILES string of the molecule is CCOc1cc(C2/C(=C(\O)c3ccc4c(c3)N(C)CCO4)C(=O)C(=O)N2c2cc(C)ccc2O)ccc1OC. The number of phenolic OH excluding ortho intramolecular Hbond substituents is 1. The van der Waals surface area contributed by atoms with E-state index in [-0.39, 0.29) is 22.8 Å². The van der Waals surface area contributed by atoms with Crippen LogP contribution in [0.25, 0.3) is 5.76 Å². The second-order valence-corrected chi connectivity index (χ2v) is 9.46. The van der Waals surface area contributed by atoms with Crippen LogP contribution in [0.15, 0.2) is 60.2 Å². The lowest BCUT2D eigenvalue weighted by atomic mass is 9.94. The standard InChI is InChI=1S/C30H30N2O7/c1-5-38-25-16-18(7-11-24(25)37-4)27-26(28(34)19-8-10-23-21(15-19)31(3)12-13-39-23)29(35)30(36)32(27)20-14-17(2)6-9-22(20)33/h6-11,14-16,27,33-34H,5,12-13H2,1-4H3/b28-26+. The summed E-state index contributed by atoms with van der Waals surface area (Å²) < 4.78 is 16.9. The summed E-state index contributed by atoms with van der Waals surface area (Å²) in [5.74, 6) is -0.664. The number of aryl methyl sites for hydroxylation is 1. The van der Waals surface area contributed by atoms with Crippen LogP contribution in [0.3, 0.4) is 0 Å². The third-order valence-electron chi connectivity index (χ3n) is 6.97. The van der Waals surface area contributed by atoms with Gasteiger partial charge in [0.15, 0.2) is 11.5 Å². The molecule has 2 aliphatic rings. The number of aromatic hydroxyl groups is 1. The number of carbonyl (C=O) groups excluding carboxylic acids is 2. The molecule has 3 aromatic carbocycles. The number of Topliss-reactive ketones (excluding diaryl/α,β-unsaturated/α-hetero) is 1. The van der Waals surface area contributed by atoms with Gasteiger partial charge in [-0.05, 0) is 67.4 Å². The summed E-state index contributed by atoms with van der Waals surface area (Å²) in [6, 6.07) is 14.0. The first-order valence-electron chi connectivity index (χ1n) is 12.6. The Hall–Kier alpha value is -4.66. The van der Waals surface area contributed by atoms with Gasteiger partial charge in [-0.15, -0.1) is 0 Å². The maximum absolute atomic E-state index is 13.6. The first-order valence-corrected chi connectivity index (χ1v) is 12.6. The van der Waals surface area contributed by atoms with Gasteiger partial charge in [-0.1, -0.05) is 12.1 Å². The van der Waals surface area contributed by atoms with Gasteiger partial charge >= 0.3 is 0 Å². The molecule has 0 aromatic heterocycles. The monoisotopic (exact) mass is 530 g/mol. The number of ether oxygens (including phenoxy) is 3. The number of benzene rings is 3. The van der Waals surface area contributed by atoms with E-state index >= 15 is 0 Å². The largest absolute Gasteiger partial charge is 0.507 e. The van der Waals surface area contributed by atoms with Gasteiger partial charge in [0.05, 0.1) is 43.3 Å². The molecule has 1 saturated heterocycles. The third-order valence-corrected chi connectivity index (χ3v) is 6.97. The minimum atomic E-state index is -1.05. The fourth-order valence-electron chi connectivity index (χ4n) is 5.01. The maximum Gasteiger partial charge on any atom is 0.300 e. The van der Waals surface area contributed by atoms with Crippen molar-refractivity contribution in [1.82, 2.24) is 0 Å². The lowest BCUT2D eigenvalue weighted by Gasteiger charge is -2.28. The van der Waals surface area contributed by atoms with Crippen molar-refractivity contribution in [3.05, 3.63) is 76.9 Å². The molecule has 202 valence electrons. The Bertz CT molecular complexity index is 1500. The summed E-state index contributed by atoms with van der Waals surface area (Å²) in [5.41, 5.74) is 2.46. The number of phenols is 1. The Morgan fingerprint density at radius 1 is 1.05 bits per heavy atom. The first-order chi connectivity index (χ1) is 18.7. The van der Waals surface area contributed by atoms with Gasteiger partial charge in [0.1, 0.15) is 23.9 Å². The molecule has 2 N–H and O–H groups in total. The summed E-state index contributed by atoms with van der Waals surface area (Å²) in [7, 11) is 3.43. The van der Waals surface area contributed by atoms with E-state index in [0.717, 1.165) is 11.3 Å². The molecule has 0 aliphatic carbocycles. The second-order valence-electron chi connectivity index (χ2n) is 9.46. The van der Waals surface area contributed by atoms with Crippen LogP contribution in [0, 0.1) is 6.92 Å². The van der Waals surface area contributed by atoms with Crippen LogP contribution in [-0.4, -0.2) is 55.8 Å². The number of aliphatic hydroxyl groups excluding tert-OH is 1. The number of rotatable bonds is 6. The molecule has 3 aromatic rings. The van der Waals surface area contributed by atoms with Gasteiger partial charge in [0, 0.05) is 12.6 Å². The fraction of sp³-hybridized carbons (Fsp3) is 0.267. The van der Waals surface area contributed by atoms with E-state index < -0.39 is 17.7 Å². The molecule has 9 nitrogen and oxygen atoms in total. The van der Waals surface area contributed by atoms with Gasteiger partial charge in [-0.2, -0.15) is 0 Å². The fourth-order valence-corrected chi connectivity index (χ4v) is 5.01. The van der Waals surface area contributed by atoms with Crippen molar-refractivity contribution in [2.45, 2.75) is 19.9 Å². The number of hydrogen-bond acceptors (Lipinski definition) is 8. The van der Waals surface area contributed by atoms with Crippen LogP contribution < -0.4 is 24.0 Å². The van der Waals surface area contributed by atoms with Crippen molar-refractivity contribution in [3.63, 3.8) is 0 Å². The molecule has 0 spiro atoms. The summed E-state index contributed by atoms with van der Waals surface area (Å²) in [6.07, 6.45) is 0. The Morgan fingerprint density at radius 3 is 2.59 bits per heavy atom. The molecule has 1 atom stereocenters. The normalized spacial score (nSPS) is 18.1. The van der Waals surface area contributed by atoms with Crippen molar-refractivity contribution >= 4 is 28.8 Å². The zero-order chi connectivity index (χ0) is 27.8. The molecule has 2 aliphatic heterocycles. The second kappa shape index (κ2) is 10.2. The number of carbonyl (C=O) groups is 2. The number of likely N-dealkylation sites (N-methyl/N-ethyl adjacent to an activating group) is 1. The Kier molecular flexibility index (Phi) is 6.82. The Morgan fingerprint density at radius 2 is 1.85 bits per heavy atom. The van der Waals surface area contributed by atoms with E-state index in [0.29, 0.717) is 48.1 Å². The van der Waals surface area contributed by atoms with Crippen molar-refractivity contribution in [1.29, 1.82) is 0 Å². The number of fused-ring (bicyclic) bond motifs is 1. The van der Waals surface area contributed by atoms with Crippen LogP contribution in [0.2, 0.25) is 0 Å². The van der Waals surface area contributed by atoms with Crippen molar-refractivity contribution < 1.29 is 34.0 Å². The van der Waals surface area contributed by atoms with Gasteiger partial charge in [-0.3, -0.25) is 14.5 Å². The highest BCUT2D eigenvalue weighted by Crippen LogP contribution is 2.47. The Labute approximate surface area is 226 Å². The molecule has 0 saturated carbocycles. The van der Waals surface area contributed by atoms with Crippen molar-refractivity contribution in [2.75, 3.05) is 43.7 Å². The number of aliphatic hydroxyl groups is 1. The summed E-state index contributed by atoms with van der Waals surface area (Å²) in [6.45, 7) is 5.23. The zero-order valence-corrected chi connectivity index (χ0v) is 22.2.